The first kappa shape index (κ1) is 15.8. The van der Waals surface area contributed by atoms with Gasteiger partial charge in [0.1, 0.15) is 0 Å². The highest BCUT2D eigenvalue weighted by Gasteiger charge is 2.09. The lowest BCUT2D eigenvalue weighted by atomic mass is 10.2. The number of hydrogen-bond donors (Lipinski definition) is 1. The van der Waals surface area contributed by atoms with Crippen molar-refractivity contribution in [1.82, 2.24) is 0 Å². The van der Waals surface area contributed by atoms with Gasteiger partial charge in [-0.2, -0.15) is 0 Å². The summed E-state index contributed by atoms with van der Waals surface area (Å²) in [5, 5.41) is 24.7. The van der Waals surface area contributed by atoms with Crippen LogP contribution in [0.5, 0.6) is 5.75 Å². The topological polar surface area (TPSA) is 95.3 Å². The predicted molar refractivity (Wildman–Crippen MR) is 83.1 cm³/mol. The molecule has 0 aliphatic heterocycles. The van der Waals surface area contributed by atoms with Gasteiger partial charge in [0.2, 0.25) is 5.91 Å². The monoisotopic (exact) mass is 317 g/mol. The smallest absolute Gasteiger partial charge is 0.271 e. The Hall–Kier alpha value is -2.54. The zero-order valence-electron chi connectivity index (χ0n) is 11.7. The van der Waals surface area contributed by atoms with Gasteiger partial charge in [-0.1, -0.05) is 29.5 Å². The largest absolute Gasteiger partial charge is 0.871 e. The van der Waals surface area contributed by atoms with E-state index in [1.807, 2.05) is 31.2 Å². The van der Waals surface area contributed by atoms with Crippen LogP contribution in [0, 0.1) is 17.0 Å². The predicted octanol–water partition coefficient (Wildman–Crippen LogP) is 2.71. The minimum Gasteiger partial charge on any atom is -0.871 e. The number of carbonyl (C=O) groups excluding carboxylic acids is 1. The molecule has 0 unspecified atom stereocenters. The van der Waals surface area contributed by atoms with Crippen molar-refractivity contribution in [2.75, 3.05) is 11.1 Å². The summed E-state index contributed by atoms with van der Waals surface area (Å²) in [6.45, 7) is 1.97. The zero-order valence-corrected chi connectivity index (χ0v) is 12.6. The van der Waals surface area contributed by atoms with Crippen LogP contribution >= 0.6 is 11.8 Å². The van der Waals surface area contributed by atoms with E-state index in [0.29, 0.717) is 0 Å². The van der Waals surface area contributed by atoms with Crippen LogP contribution in [0.1, 0.15) is 5.56 Å². The van der Waals surface area contributed by atoms with Gasteiger partial charge >= 0.3 is 0 Å². The van der Waals surface area contributed by atoms with Crippen molar-refractivity contribution in [3.05, 3.63) is 58.1 Å². The van der Waals surface area contributed by atoms with Crippen LogP contribution in [0.2, 0.25) is 0 Å². The molecule has 0 saturated heterocycles. The third kappa shape index (κ3) is 4.23. The molecule has 0 bridgehead atoms. The molecule has 2 aromatic carbocycles. The SMILES string of the molecule is Cc1ccc(SCC(=O)Nc2cc([N+](=O)[O-])ccc2[O-])cc1. The molecule has 7 heteroatoms. The molecule has 2 aromatic rings. The van der Waals surface area contributed by atoms with Crippen LogP contribution in [0.4, 0.5) is 11.4 Å². The number of aryl methyl sites for hydroxylation is 1. The molecule has 0 radical (unpaired) electrons. The van der Waals surface area contributed by atoms with Crippen molar-refractivity contribution in [2.24, 2.45) is 0 Å². The van der Waals surface area contributed by atoms with Crippen molar-refractivity contribution < 1.29 is 14.8 Å². The summed E-state index contributed by atoms with van der Waals surface area (Å²) in [7, 11) is 0. The van der Waals surface area contributed by atoms with Gasteiger partial charge < -0.3 is 10.4 Å². The lowest BCUT2D eigenvalue weighted by molar-refractivity contribution is -0.385. The lowest BCUT2D eigenvalue weighted by Gasteiger charge is -2.13. The van der Waals surface area contributed by atoms with E-state index < -0.39 is 10.7 Å². The summed E-state index contributed by atoms with van der Waals surface area (Å²) >= 11 is 1.32. The van der Waals surface area contributed by atoms with Gasteiger partial charge in [-0.25, -0.2) is 0 Å². The standard InChI is InChI=1S/C15H14N2O4S/c1-10-2-5-12(6-3-10)22-9-15(19)16-13-8-11(17(20)21)4-7-14(13)18/h2-8,18H,9H2,1H3,(H,16,19)/p-1. The normalized spacial score (nSPS) is 10.2. The Kier molecular flexibility index (Phi) is 5.00. The molecular weight excluding hydrogens is 304 g/mol. The molecular formula is C15H13N2O4S-. The average molecular weight is 317 g/mol. The number of rotatable bonds is 5. The number of benzene rings is 2. The van der Waals surface area contributed by atoms with E-state index in [9.17, 15) is 20.0 Å². The molecule has 0 aromatic heterocycles. The van der Waals surface area contributed by atoms with Crippen molar-refractivity contribution in [1.29, 1.82) is 0 Å². The molecule has 1 N–H and O–H groups in total. The number of hydrogen-bond acceptors (Lipinski definition) is 5. The number of amides is 1. The van der Waals surface area contributed by atoms with Crippen LogP contribution in [-0.2, 0) is 4.79 Å². The third-order valence-corrected chi connectivity index (χ3v) is 3.85. The van der Waals surface area contributed by atoms with Crippen molar-refractivity contribution in [3.8, 4) is 5.75 Å². The Labute approximate surface area is 131 Å². The fourth-order valence-corrected chi connectivity index (χ4v) is 2.40. The minimum atomic E-state index is -0.615. The van der Waals surface area contributed by atoms with Gasteiger partial charge in [0, 0.05) is 22.7 Å². The molecule has 0 heterocycles. The zero-order chi connectivity index (χ0) is 16.1. The number of carbonyl (C=O) groups is 1. The van der Waals surface area contributed by atoms with Gasteiger partial charge in [0.15, 0.2) is 0 Å². The molecule has 0 saturated carbocycles. The second-order valence-electron chi connectivity index (χ2n) is 4.59. The Morgan fingerprint density at radius 2 is 1.91 bits per heavy atom. The molecule has 0 atom stereocenters. The minimum absolute atomic E-state index is 0.0799. The number of thioether (sulfide) groups is 1. The van der Waals surface area contributed by atoms with Gasteiger partial charge in [-0.05, 0) is 19.1 Å². The maximum absolute atomic E-state index is 11.8. The maximum Gasteiger partial charge on any atom is 0.271 e. The van der Waals surface area contributed by atoms with Crippen LogP contribution < -0.4 is 10.4 Å². The molecule has 22 heavy (non-hydrogen) atoms. The quantitative estimate of drug-likeness (QED) is 0.519. The van der Waals surface area contributed by atoms with Gasteiger partial charge in [0.05, 0.1) is 10.7 Å². The van der Waals surface area contributed by atoms with E-state index in [1.165, 1.54) is 11.8 Å². The van der Waals surface area contributed by atoms with E-state index in [2.05, 4.69) is 5.32 Å². The fourth-order valence-electron chi connectivity index (χ4n) is 1.70. The summed E-state index contributed by atoms with van der Waals surface area (Å²) in [4.78, 5) is 22.8. The molecule has 0 fully saturated rings. The molecule has 0 spiro atoms. The molecule has 2 rings (SSSR count). The highest BCUT2D eigenvalue weighted by atomic mass is 32.2. The summed E-state index contributed by atoms with van der Waals surface area (Å²) in [5.74, 6) is -0.729. The Morgan fingerprint density at radius 3 is 2.55 bits per heavy atom. The summed E-state index contributed by atoms with van der Waals surface area (Å²) in [5.41, 5.74) is 0.811. The maximum atomic E-state index is 11.8. The summed E-state index contributed by atoms with van der Waals surface area (Å²) in [6, 6.07) is 10.9. The van der Waals surface area contributed by atoms with E-state index in [1.54, 1.807) is 0 Å². The van der Waals surface area contributed by atoms with E-state index in [0.717, 1.165) is 28.7 Å². The third-order valence-electron chi connectivity index (χ3n) is 2.84. The molecule has 1 amide bonds. The Morgan fingerprint density at radius 1 is 1.23 bits per heavy atom. The van der Waals surface area contributed by atoms with Crippen molar-refractivity contribution >= 4 is 29.0 Å². The van der Waals surface area contributed by atoms with Gasteiger partial charge in [-0.15, -0.1) is 11.8 Å². The Balaban J connectivity index is 1.98. The molecule has 0 aliphatic rings. The first-order valence-electron chi connectivity index (χ1n) is 6.40. The molecule has 0 aliphatic carbocycles. The number of nitro groups is 1. The van der Waals surface area contributed by atoms with Crippen molar-refractivity contribution in [2.45, 2.75) is 11.8 Å². The summed E-state index contributed by atoms with van der Waals surface area (Å²) in [6.07, 6.45) is 0. The number of nitrogens with zero attached hydrogens (tertiary/aromatic N) is 1. The van der Waals surface area contributed by atoms with E-state index in [4.69, 9.17) is 0 Å². The molecule has 114 valence electrons. The fraction of sp³-hybridized carbons (Fsp3) is 0.133. The van der Waals surface area contributed by atoms with E-state index >= 15 is 0 Å². The number of anilines is 1. The summed E-state index contributed by atoms with van der Waals surface area (Å²) < 4.78 is 0. The van der Waals surface area contributed by atoms with Gasteiger partial charge in [0.25, 0.3) is 5.69 Å². The van der Waals surface area contributed by atoms with Crippen LogP contribution in [-0.4, -0.2) is 16.6 Å². The highest BCUT2D eigenvalue weighted by Crippen LogP contribution is 2.26. The highest BCUT2D eigenvalue weighted by molar-refractivity contribution is 8.00. The second kappa shape index (κ2) is 6.95. The average Bonchev–Trinajstić information content (AvgIpc) is 2.48. The number of non-ortho nitro benzene ring substituents is 1. The lowest BCUT2D eigenvalue weighted by Crippen LogP contribution is -2.15. The Bertz CT molecular complexity index is 701. The first-order valence-corrected chi connectivity index (χ1v) is 7.39. The van der Waals surface area contributed by atoms with E-state index in [-0.39, 0.29) is 23.0 Å². The van der Waals surface area contributed by atoms with Crippen LogP contribution in [0.3, 0.4) is 0 Å². The number of nitrogens with one attached hydrogen (secondary N) is 1. The van der Waals surface area contributed by atoms with Crippen LogP contribution in [0.15, 0.2) is 47.4 Å². The second-order valence-corrected chi connectivity index (χ2v) is 5.64. The van der Waals surface area contributed by atoms with Gasteiger partial charge in [-0.3, -0.25) is 14.9 Å². The number of nitro benzene ring substituents is 1. The molecule has 6 nitrogen and oxygen atoms in total. The van der Waals surface area contributed by atoms with Crippen molar-refractivity contribution in [3.63, 3.8) is 0 Å². The van der Waals surface area contributed by atoms with Crippen LogP contribution in [0.25, 0.3) is 0 Å². The first-order chi connectivity index (χ1) is 10.5.